The van der Waals surface area contributed by atoms with Gasteiger partial charge in [-0.15, -0.1) is 0 Å². The van der Waals surface area contributed by atoms with Crippen LogP contribution in [0.5, 0.6) is 5.75 Å². The van der Waals surface area contributed by atoms with E-state index in [9.17, 15) is 27.9 Å². The van der Waals surface area contributed by atoms with Crippen LogP contribution in [0.3, 0.4) is 0 Å². The van der Waals surface area contributed by atoms with Crippen molar-refractivity contribution in [2.45, 2.75) is 83.7 Å². The van der Waals surface area contributed by atoms with Gasteiger partial charge >= 0.3 is 18.2 Å². The molecule has 4 rings (SSSR count). The number of alkyl halides is 3. The number of nitrogens with zero attached hydrogens (tertiary/aromatic N) is 4. The number of hydrogen-bond acceptors (Lipinski definition) is 8. The van der Waals surface area contributed by atoms with Crippen LogP contribution < -0.4 is 9.64 Å². The predicted molar refractivity (Wildman–Crippen MR) is 159 cm³/mol. The summed E-state index contributed by atoms with van der Waals surface area (Å²) < 4.78 is 56.1. The SMILES string of the molecule is CC(C)(C)OC(=O)N1CCC(c2nc(N(CCc3ccc(OC(C)(C)C(=O)O)cc3)Cc3ccc(C(F)(F)F)cc3)no2)CC1. The number of hydrogen-bond donors (Lipinski definition) is 1. The molecule has 1 aliphatic rings. The van der Waals surface area contributed by atoms with Crippen molar-refractivity contribution in [1.82, 2.24) is 15.0 Å². The van der Waals surface area contributed by atoms with Gasteiger partial charge in [-0.1, -0.05) is 24.3 Å². The number of carboxylic acids is 1. The highest BCUT2D eigenvalue weighted by atomic mass is 19.4. The maximum atomic E-state index is 13.1. The number of likely N-dealkylation sites (tertiary alicyclic amines) is 1. The molecule has 0 bridgehead atoms. The van der Waals surface area contributed by atoms with Crippen molar-refractivity contribution in [1.29, 1.82) is 0 Å². The lowest BCUT2D eigenvalue weighted by Crippen LogP contribution is -2.41. The molecule has 2 aromatic carbocycles. The Morgan fingerprint density at radius 1 is 0.978 bits per heavy atom. The van der Waals surface area contributed by atoms with Crippen molar-refractivity contribution < 1.29 is 41.9 Å². The zero-order valence-electron chi connectivity index (χ0n) is 26.1. The van der Waals surface area contributed by atoms with Crippen LogP contribution in [-0.2, 0) is 28.7 Å². The number of aliphatic carboxylic acids is 1. The summed E-state index contributed by atoms with van der Waals surface area (Å²) in [5.41, 5.74) is -1.14. The number of carbonyl (C=O) groups is 2. The van der Waals surface area contributed by atoms with Gasteiger partial charge in [0.15, 0.2) is 5.60 Å². The Morgan fingerprint density at radius 2 is 1.58 bits per heavy atom. The summed E-state index contributed by atoms with van der Waals surface area (Å²) in [5, 5.41) is 13.5. The van der Waals surface area contributed by atoms with Gasteiger partial charge in [-0.25, -0.2) is 9.59 Å². The first kappa shape index (κ1) is 33.6. The molecule has 1 fully saturated rings. The highest BCUT2D eigenvalue weighted by molar-refractivity contribution is 5.76. The zero-order chi connectivity index (χ0) is 33.0. The summed E-state index contributed by atoms with van der Waals surface area (Å²) in [6.45, 7) is 10.0. The number of carboxylic acid groups (broad SMARTS) is 1. The standard InChI is InChI=1S/C32H39F3N4O6/c1-30(2,3)44-29(42)38-18-15-23(16-19-38)26-36-28(37-45-26)39(20-22-6-10-24(11-7-22)32(33,34)35)17-14-21-8-12-25(13-9-21)43-31(4,5)27(40)41/h6-13,23H,14-20H2,1-5H3,(H,40,41). The normalized spacial score (nSPS) is 14.7. The molecule has 0 spiro atoms. The number of piperidine rings is 1. The number of carbonyl (C=O) groups excluding carboxylic acids is 1. The van der Waals surface area contributed by atoms with Gasteiger partial charge in [0.25, 0.3) is 5.95 Å². The molecule has 1 saturated heterocycles. The Morgan fingerprint density at radius 3 is 2.13 bits per heavy atom. The van der Waals surface area contributed by atoms with Crippen LogP contribution in [0.25, 0.3) is 0 Å². The van der Waals surface area contributed by atoms with Crippen molar-refractivity contribution in [2.24, 2.45) is 0 Å². The summed E-state index contributed by atoms with van der Waals surface area (Å²) in [4.78, 5) is 32.0. The van der Waals surface area contributed by atoms with E-state index in [1.807, 2.05) is 37.8 Å². The van der Waals surface area contributed by atoms with Gasteiger partial charge in [-0.2, -0.15) is 18.2 Å². The highest BCUT2D eigenvalue weighted by Gasteiger charge is 2.32. The van der Waals surface area contributed by atoms with E-state index < -0.39 is 28.9 Å². The Hall–Kier alpha value is -4.29. The molecule has 1 N–H and O–H groups in total. The van der Waals surface area contributed by atoms with Crippen molar-refractivity contribution in [2.75, 3.05) is 24.5 Å². The number of rotatable bonds is 10. The average Bonchev–Trinajstić information content (AvgIpc) is 3.45. The molecule has 1 aliphatic heterocycles. The van der Waals surface area contributed by atoms with Crippen molar-refractivity contribution in [3.8, 4) is 5.75 Å². The monoisotopic (exact) mass is 632 g/mol. The Kier molecular flexibility index (Phi) is 9.98. The largest absolute Gasteiger partial charge is 0.478 e. The van der Waals surface area contributed by atoms with Crippen molar-refractivity contribution in [3.63, 3.8) is 0 Å². The molecule has 45 heavy (non-hydrogen) atoms. The third-order valence-electron chi connectivity index (χ3n) is 7.35. The molecule has 0 saturated carbocycles. The first-order valence-electron chi connectivity index (χ1n) is 14.7. The van der Waals surface area contributed by atoms with Crippen LogP contribution >= 0.6 is 0 Å². The van der Waals surface area contributed by atoms with Crippen molar-refractivity contribution in [3.05, 3.63) is 71.1 Å². The summed E-state index contributed by atoms with van der Waals surface area (Å²) >= 11 is 0. The molecule has 0 unspecified atom stereocenters. The number of anilines is 1. The van der Waals surface area contributed by atoms with Crippen LogP contribution in [0.4, 0.5) is 23.9 Å². The summed E-state index contributed by atoms with van der Waals surface area (Å²) in [6, 6.07) is 12.0. The summed E-state index contributed by atoms with van der Waals surface area (Å²) in [6.07, 6.45) is -3.03. The van der Waals surface area contributed by atoms with Crippen LogP contribution in [0.1, 0.15) is 76.0 Å². The molecule has 1 amide bonds. The Bertz CT molecular complexity index is 1440. The second-order valence-electron chi connectivity index (χ2n) is 12.6. The molecule has 13 heteroatoms. The van der Waals surface area contributed by atoms with E-state index in [1.54, 1.807) is 17.0 Å². The van der Waals surface area contributed by atoms with E-state index >= 15 is 0 Å². The quantitative estimate of drug-likeness (QED) is 0.261. The molecule has 1 aromatic heterocycles. The van der Waals surface area contributed by atoms with E-state index in [-0.39, 0.29) is 18.6 Å². The van der Waals surface area contributed by atoms with Gasteiger partial charge in [-0.3, -0.25) is 0 Å². The molecule has 244 valence electrons. The second-order valence-corrected chi connectivity index (χ2v) is 12.6. The zero-order valence-corrected chi connectivity index (χ0v) is 26.1. The number of amides is 1. The smallest absolute Gasteiger partial charge is 0.416 e. The van der Waals surface area contributed by atoms with Gasteiger partial charge in [0.1, 0.15) is 11.4 Å². The highest BCUT2D eigenvalue weighted by Crippen LogP contribution is 2.31. The summed E-state index contributed by atoms with van der Waals surface area (Å²) in [7, 11) is 0. The van der Waals surface area contributed by atoms with E-state index in [4.69, 9.17) is 14.0 Å². The molecule has 2 heterocycles. The molecule has 0 radical (unpaired) electrons. The molecular formula is C32H39F3N4O6. The van der Waals surface area contributed by atoms with E-state index in [0.29, 0.717) is 62.0 Å². The lowest BCUT2D eigenvalue weighted by molar-refractivity contribution is -0.152. The van der Waals surface area contributed by atoms with E-state index in [2.05, 4.69) is 10.1 Å². The maximum Gasteiger partial charge on any atom is 0.416 e. The third-order valence-corrected chi connectivity index (χ3v) is 7.35. The third kappa shape index (κ3) is 9.35. The number of benzene rings is 2. The average molecular weight is 633 g/mol. The van der Waals surface area contributed by atoms with Crippen LogP contribution in [0, 0.1) is 0 Å². The minimum atomic E-state index is -4.44. The van der Waals surface area contributed by atoms with Crippen LogP contribution in [0.2, 0.25) is 0 Å². The van der Waals surface area contributed by atoms with Crippen molar-refractivity contribution >= 4 is 18.0 Å². The topological polar surface area (TPSA) is 118 Å². The molecule has 0 aliphatic carbocycles. The second kappa shape index (κ2) is 13.4. The minimum absolute atomic E-state index is 0.0551. The molecule has 10 nitrogen and oxygen atoms in total. The van der Waals surface area contributed by atoms with E-state index in [0.717, 1.165) is 17.7 Å². The van der Waals surface area contributed by atoms with E-state index in [1.165, 1.54) is 26.0 Å². The van der Waals surface area contributed by atoms with Gasteiger partial charge in [0.2, 0.25) is 5.89 Å². The lowest BCUT2D eigenvalue weighted by Gasteiger charge is -2.32. The fraction of sp³-hybridized carbons (Fsp3) is 0.500. The first-order valence-corrected chi connectivity index (χ1v) is 14.7. The van der Waals surface area contributed by atoms with Gasteiger partial charge in [-0.05, 0) is 94.4 Å². The first-order chi connectivity index (χ1) is 21.0. The van der Waals surface area contributed by atoms with Gasteiger partial charge < -0.3 is 28.9 Å². The fourth-order valence-electron chi connectivity index (χ4n) is 4.75. The number of ether oxygens (including phenoxy) is 2. The van der Waals surface area contributed by atoms with Gasteiger partial charge in [0, 0.05) is 32.1 Å². The Balaban J connectivity index is 1.46. The molecule has 0 atom stereocenters. The fourth-order valence-corrected chi connectivity index (χ4v) is 4.75. The molecule has 3 aromatic rings. The molecular weight excluding hydrogens is 593 g/mol. The summed E-state index contributed by atoms with van der Waals surface area (Å²) in [5.74, 6) is 0.0173. The maximum absolute atomic E-state index is 13.1. The lowest BCUT2D eigenvalue weighted by atomic mass is 9.97. The number of aromatic nitrogens is 2. The minimum Gasteiger partial charge on any atom is -0.478 e. The van der Waals surface area contributed by atoms with Gasteiger partial charge in [0.05, 0.1) is 5.56 Å². The Labute approximate surface area is 260 Å². The van der Waals surface area contributed by atoms with Crippen LogP contribution in [-0.4, -0.2) is 63.0 Å². The predicted octanol–water partition coefficient (Wildman–Crippen LogP) is 6.69. The van der Waals surface area contributed by atoms with Crippen LogP contribution in [0.15, 0.2) is 53.1 Å². The number of halogens is 3.